The van der Waals surface area contributed by atoms with Crippen LogP contribution in [0.2, 0.25) is 0 Å². The monoisotopic (exact) mass is 435 g/mol. The van der Waals surface area contributed by atoms with Crippen LogP contribution >= 0.6 is 11.3 Å². The number of nitrogens with two attached hydrogens (primary N) is 1. The summed E-state index contributed by atoms with van der Waals surface area (Å²) in [4.78, 5) is 27.9. The summed E-state index contributed by atoms with van der Waals surface area (Å²) in [6.07, 6.45) is 0.508. The summed E-state index contributed by atoms with van der Waals surface area (Å²) in [5.41, 5.74) is 7.78. The number of fused-ring (bicyclic) bond motifs is 1. The van der Waals surface area contributed by atoms with Gasteiger partial charge in [-0.05, 0) is 37.6 Å². The third-order valence-corrected chi connectivity index (χ3v) is 7.92. The predicted octanol–water partition coefficient (Wildman–Crippen LogP) is 2.34. The van der Waals surface area contributed by atoms with Crippen LogP contribution in [0, 0.1) is 6.92 Å². The zero-order chi connectivity index (χ0) is 21.2. The third kappa shape index (κ3) is 4.85. The van der Waals surface area contributed by atoms with E-state index in [1.807, 2.05) is 6.92 Å². The molecule has 1 aromatic heterocycles. The lowest BCUT2D eigenvalue weighted by Crippen LogP contribution is -2.30. The molecule has 0 atom stereocenters. The van der Waals surface area contributed by atoms with Gasteiger partial charge in [-0.2, -0.15) is 0 Å². The van der Waals surface area contributed by atoms with Crippen molar-refractivity contribution in [2.24, 2.45) is 5.73 Å². The highest BCUT2D eigenvalue weighted by atomic mass is 32.2. The van der Waals surface area contributed by atoms with Crippen LogP contribution in [0.3, 0.4) is 0 Å². The number of nitrogens with zero attached hydrogens (tertiary/aromatic N) is 1. The molecule has 1 aliphatic heterocycles. The van der Waals surface area contributed by atoms with Crippen molar-refractivity contribution < 1.29 is 18.0 Å². The van der Waals surface area contributed by atoms with Gasteiger partial charge in [-0.25, -0.2) is 8.42 Å². The molecular weight excluding hydrogens is 410 g/mol. The van der Waals surface area contributed by atoms with E-state index < -0.39 is 21.7 Å². The summed E-state index contributed by atoms with van der Waals surface area (Å²) in [6, 6.07) is 6.53. The molecule has 156 valence electrons. The maximum atomic E-state index is 12.4. The standard InChI is InChI=1S/C20H25N3O4S2/c1-3-23-10-8-15-16(12-23)28-20(18(15)19(21)25)22-17(24)9-11-29(26,27)14-6-4-13(2)5-7-14/h4-7H,3,8-12H2,1-2H3,(H2,21,25)(H,22,24). The average molecular weight is 436 g/mol. The number of carbonyl (C=O) groups is 2. The summed E-state index contributed by atoms with van der Waals surface area (Å²) in [7, 11) is -3.56. The van der Waals surface area contributed by atoms with Crippen molar-refractivity contribution >= 4 is 38.0 Å². The highest BCUT2D eigenvalue weighted by Crippen LogP contribution is 2.37. The van der Waals surface area contributed by atoms with Crippen molar-refractivity contribution in [1.82, 2.24) is 4.90 Å². The lowest BCUT2D eigenvalue weighted by atomic mass is 10.0. The number of likely N-dealkylation sites (N-methyl/N-ethyl adjacent to an activating group) is 1. The van der Waals surface area contributed by atoms with Crippen molar-refractivity contribution in [3.63, 3.8) is 0 Å². The Morgan fingerprint density at radius 2 is 1.93 bits per heavy atom. The second kappa shape index (κ2) is 8.64. The van der Waals surface area contributed by atoms with Gasteiger partial charge in [-0.15, -0.1) is 11.3 Å². The minimum absolute atomic E-state index is 0.194. The first-order valence-corrected chi connectivity index (χ1v) is 11.9. The number of sulfone groups is 1. The lowest BCUT2D eigenvalue weighted by molar-refractivity contribution is -0.115. The zero-order valence-corrected chi connectivity index (χ0v) is 18.2. The SMILES string of the molecule is CCN1CCc2c(sc(NC(=O)CCS(=O)(=O)c3ccc(C)cc3)c2C(N)=O)C1. The Morgan fingerprint density at radius 1 is 1.24 bits per heavy atom. The molecule has 0 spiro atoms. The van der Waals surface area contributed by atoms with Crippen LogP contribution < -0.4 is 11.1 Å². The van der Waals surface area contributed by atoms with Gasteiger partial charge in [0.2, 0.25) is 5.91 Å². The van der Waals surface area contributed by atoms with Crippen molar-refractivity contribution in [2.45, 2.75) is 38.1 Å². The molecule has 0 saturated carbocycles. The molecule has 1 aromatic carbocycles. The van der Waals surface area contributed by atoms with Crippen LogP contribution in [0.4, 0.5) is 5.00 Å². The molecule has 1 aliphatic rings. The summed E-state index contributed by atoms with van der Waals surface area (Å²) in [6.45, 7) is 6.41. The number of hydrogen-bond donors (Lipinski definition) is 2. The largest absolute Gasteiger partial charge is 0.365 e. The Labute approximate surface area is 174 Å². The van der Waals surface area contributed by atoms with Crippen LogP contribution in [0.15, 0.2) is 29.2 Å². The van der Waals surface area contributed by atoms with E-state index in [2.05, 4.69) is 17.1 Å². The van der Waals surface area contributed by atoms with Crippen molar-refractivity contribution in [3.05, 3.63) is 45.8 Å². The highest BCUT2D eigenvalue weighted by molar-refractivity contribution is 7.91. The zero-order valence-electron chi connectivity index (χ0n) is 16.5. The first-order valence-electron chi connectivity index (χ1n) is 9.47. The summed E-state index contributed by atoms with van der Waals surface area (Å²) in [5, 5.41) is 3.13. The number of nitrogens with one attached hydrogen (secondary N) is 1. The Bertz CT molecular complexity index is 1030. The van der Waals surface area contributed by atoms with E-state index in [4.69, 9.17) is 5.73 Å². The van der Waals surface area contributed by atoms with Crippen LogP contribution in [0.25, 0.3) is 0 Å². The molecule has 3 N–H and O–H groups in total. The molecule has 3 rings (SSSR count). The van der Waals surface area contributed by atoms with Gasteiger partial charge >= 0.3 is 0 Å². The van der Waals surface area contributed by atoms with E-state index in [9.17, 15) is 18.0 Å². The molecule has 0 unspecified atom stereocenters. The number of amides is 2. The maximum absolute atomic E-state index is 12.4. The van der Waals surface area contributed by atoms with Gasteiger partial charge in [0.05, 0.1) is 16.2 Å². The maximum Gasteiger partial charge on any atom is 0.251 e. The van der Waals surface area contributed by atoms with Crippen LogP contribution in [-0.4, -0.2) is 44.0 Å². The van der Waals surface area contributed by atoms with Gasteiger partial charge in [0.15, 0.2) is 9.84 Å². The molecule has 0 radical (unpaired) electrons. The number of hydrogen-bond acceptors (Lipinski definition) is 6. The molecule has 29 heavy (non-hydrogen) atoms. The number of anilines is 1. The highest BCUT2D eigenvalue weighted by Gasteiger charge is 2.27. The van der Waals surface area contributed by atoms with E-state index in [-0.39, 0.29) is 17.1 Å². The molecule has 9 heteroatoms. The fourth-order valence-electron chi connectivity index (χ4n) is 3.35. The minimum atomic E-state index is -3.56. The first-order chi connectivity index (χ1) is 13.7. The molecule has 0 bridgehead atoms. The molecular formula is C20H25N3O4S2. The third-order valence-electron chi connectivity index (χ3n) is 5.06. The second-order valence-corrected chi connectivity index (χ2v) is 10.3. The topological polar surface area (TPSA) is 110 Å². The number of benzene rings is 1. The molecule has 0 aliphatic carbocycles. The molecule has 2 heterocycles. The number of primary amides is 1. The van der Waals surface area contributed by atoms with Crippen molar-refractivity contribution in [3.8, 4) is 0 Å². The first kappa shape index (κ1) is 21.5. The Hall–Kier alpha value is -2.23. The van der Waals surface area contributed by atoms with Gasteiger partial charge in [0, 0.05) is 24.4 Å². The Balaban J connectivity index is 1.71. The smallest absolute Gasteiger partial charge is 0.251 e. The van der Waals surface area contributed by atoms with Gasteiger partial charge in [0.25, 0.3) is 5.91 Å². The van der Waals surface area contributed by atoms with E-state index in [0.717, 1.165) is 29.1 Å². The average Bonchev–Trinajstić information content (AvgIpc) is 3.03. The van der Waals surface area contributed by atoms with E-state index in [0.29, 0.717) is 23.5 Å². The van der Waals surface area contributed by atoms with Crippen LogP contribution in [0.5, 0.6) is 0 Å². The van der Waals surface area contributed by atoms with Gasteiger partial charge in [-0.3, -0.25) is 14.5 Å². The minimum Gasteiger partial charge on any atom is -0.365 e. The van der Waals surface area contributed by atoms with Gasteiger partial charge < -0.3 is 11.1 Å². The van der Waals surface area contributed by atoms with Gasteiger partial charge in [-0.1, -0.05) is 24.6 Å². The number of thiophene rings is 1. The van der Waals surface area contributed by atoms with Gasteiger partial charge in [0.1, 0.15) is 5.00 Å². The summed E-state index contributed by atoms with van der Waals surface area (Å²) >= 11 is 1.35. The molecule has 2 aromatic rings. The predicted molar refractivity (Wildman–Crippen MR) is 114 cm³/mol. The normalized spacial score (nSPS) is 14.4. The Morgan fingerprint density at radius 3 is 2.55 bits per heavy atom. The second-order valence-electron chi connectivity index (χ2n) is 7.12. The number of aryl methyl sites for hydroxylation is 1. The quantitative estimate of drug-likeness (QED) is 0.694. The van der Waals surface area contributed by atoms with E-state index in [1.54, 1.807) is 24.3 Å². The molecule has 0 fully saturated rings. The van der Waals surface area contributed by atoms with Crippen LogP contribution in [-0.2, 0) is 27.6 Å². The molecule has 7 nitrogen and oxygen atoms in total. The van der Waals surface area contributed by atoms with Crippen LogP contribution in [0.1, 0.15) is 39.7 Å². The summed E-state index contributed by atoms with van der Waals surface area (Å²) in [5.74, 6) is -1.33. The Kier molecular flexibility index (Phi) is 6.40. The fourth-order valence-corrected chi connectivity index (χ4v) is 5.91. The molecule has 0 saturated heterocycles. The van der Waals surface area contributed by atoms with Crippen molar-refractivity contribution in [2.75, 3.05) is 24.2 Å². The van der Waals surface area contributed by atoms with Crippen molar-refractivity contribution in [1.29, 1.82) is 0 Å². The fraction of sp³-hybridized carbons (Fsp3) is 0.400. The molecule has 2 amide bonds. The number of carbonyl (C=O) groups excluding carboxylic acids is 2. The lowest BCUT2D eigenvalue weighted by Gasteiger charge is -2.25. The van der Waals surface area contributed by atoms with E-state index >= 15 is 0 Å². The number of rotatable bonds is 7. The summed E-state index contributed by atoms with van der Waals surface area (Å²) < 4.78 is 24.9. The van der Waals surface area contributed by atoms with E-state index in [1.165, 1.54) is 11.3 Å².